The lowest BCUT2D eigenvalue weighted by atomic mass is 10.1. The molecule has 18 heavy (non-hydrogen) atoms. The molecule has 0 aliphatic rings. The molecule has 0 aliphatic carbocycles. The van der Waals surface area contributed by atoms with Crippen molar-refractivity contribution >= 4 is 32.6 Å². The first-order chi connectivity index (χ1) is 8.51. The molecule has 0 fully saturated rings. The van der Waals surface area contributed by atoms with Gasteiger partial charge in [0.15, 0.2) is 5.13 Å². The van der Waals surface area contributed by atoms with Crippen LogP contribution < -0.4 is 5.32 Å². The van der Waals surface area contributed by atoms with Crippen molar-refractivity contribution < 1.29 is 4.79 Å². The minimum Gasteiger partial charge on any atom is -0.302 e. The normalized spacial score (nSPS) is 12.7. The summed E-state index contributed by atoms with van der Waals surface area (Å²) >= 11 is 1.54. The lowest BCUT2D eigenvalue weighted by Crippen LogP contribution is -2.19. The van der Waals surface area contributed by atoms with Gasteiger partial charge in [-0.1, -0.05) is 31.3 Å². The van der Waals surface area contributed by atoms with Crippen molar-refractivity contribution in [2.24, 2.45) is 5.92 Å². The number of hydrogen-bond donors (Lipinski definition) is 1. The number of benzene rings is 1. The van der Waals surface area contributed by atoms with E-state index in [9.17, 15) is 4.79 Å². The van der Waals surface area contributed by atoms with Crippen molar-refractivity contribution in [2.75, 3.05) is 5.32 Å². The maximum absolute atomic E-state index is 11.8. The highest BCUT2D eigenvalue weighted by Gasteiger charge is 2.13. The minimum absolute atomic E-state index is 0.0276. The van der Waals surface area contributed by atoms with Gasteiger partial charge >= 0.3 is 0 Å². The van der Waals surface area contributed by atoms with Crippen molar-refractivity contribution in [2.45, 2.75) is 34.1 Å². The molecule has 1 aromatic carbocycles. The molecule has 1 atom stereocenters. The molecule has 0 aliphatic heterocycles. The lowest BCUT2D eigenvalue weighted by Gasteiger charge is -2.06. The molecule has 4 heteroatoms. The Morgan fingerprint density at radius 2 is 2.17 bits per heavy atom. The molecule has 0 spiro atoms. The molecule has 2 aromatic rings. The summed E-state index contributed by atoms with van der Waals surface area (Å²) in [6.45, 7) is 8.06. The summed E-state index contributed by atoms with van der Waals surface area (Å²) in [5.41, 5.74) is 3.37. The van der Waals surface area contributed by atoms with Crippen LogP contribution in [0.1, 0.15) is 31.4 Å². The number of nitrogens with one attached hydrogen (secondary N) is 1. The summed E-state index contributed by atoms with van der Waals surface area (Å²) < 4.78 is 1.13. The molecular weight excluding hydrogens is 244 g/mol. The van der Waals surface area contributed by atoms with Gasteiger partial charge in [0.2, 0.25) is 5.91 Å². The first kappa shape index (κ1) is 13.0. The van der Waals surface area contributed by atoms with E-state index < -0.39 is 0 Å². The number of amides is 1. The molecule has 0 saturated heterocycles. The predicted molar refractivity (Wildman–Crippen MR) is 77.2 cm³/mol. The van der Waals surface area contributed by atoms with Crippen LogP contribution in [-0.2, 0) is 4.79 Å². The highest BCUT2D eigenvalue weighted by Crippen LogP contribution is 2.29. The maximum atomic E-state index is 11.8. The molecule has 1 heterocycles. The number of anilines is 1. The van der Waals surface area contributed by atoms with Gasteiger partial charge in [-0.05, 0) is 37.5 Å². The van der Waals surface area contributed by atoms with Gasteiger partial charge in [0.1, 0.15) is 0 Å². The first-order valence-corrected chi connectivity index (χ1v) is 7.01. The summed E-state index contributed by atoms with van der Waals surface area (Å²) in [6, 6.07) is 4.22. The Hall–Kier alpha value is -1.42. The third kappa shape index (κ3) is 2.53. The largest absolute Gasteiger partial charge is 0.302 e. The Morgan fingerprint density at radius 1 is 1.44 bits per heavy atom. The molecule has 0 saturated carbocycles. The van der Waals surface area contributed by atoms with Gasteiger partial charge in [-0.25, -0.2) is 4.98 Å². The number of hydrogen-bond acceptors (Lipinski definition) is 3. The van der Waals surface area contributed by atoms with Crippen LogP contribution in [0, 0.1) is 19.8 Å². The van der Waals surface area contributed by atoms with E-state index in [2.05, 4.69) is 36.3 Å². The maximum Gasteiger partial charge on any atom is 0.228 e. The van der Waals surface area contributed by atoms with Crippen molar-refractivity contribution in [1.29, 1.82) is 0 Å². The highest BCUT2D eigenvalue weighted by atomic mass is 32.1. The first-order valence-electron chi connectivity index (χ1n) is 6.20. The van der Waals surface area contributed by atoms with Gasteiger partial charge in [0.25, 0.3) is 0 Å². The molecule has 2 rings (SSSR count). The molecule has 0 bridgehead atoms. The number of thiazole rings is 1. The van der Waals surface area contributed by atoms with Crippen molar-refractivity contribution in [3.05, 3.63) is 23.3 Å². The number of aryl methyl sites for hydroxylation is 2. The zero-order chi connectivity index (χ0) is 13.3. The number of fused-ring (bicyclic) bond motifs is 1. The third-order valence-electron chi connectivity index (χ3n) is 3.12. The van der Waals surface area contributed by atoms with Gasteiger partial charge in [-0.15, -0.1) is 0 Å². The van der Waals surface area contributed by atoms with Crippen LogP contribution in [0.5, 0.6) is 0 Å². The van der Waals surface area contributed by atoms with E-state index in [-0.39, 0.29) is 11.8 Å². The number of nitrogens with zero attached hydrogens (tertiary/aromatic N) is 1. The Labute approximate surface area is 111 Å². The van der Waals surface area contributed by atoms with Crippen LogP contribution in [0.3, 0.4) is 0 Å². The number of aromatic nitrogens is 1. The Bertz CT molecular complexity index is 589. The smallest absolute Gasteiger partial charge is 0.228 e. The number of rotatable bonds is 3. The van der Waals surface area contributed by atoms with Gasteiger partial charge in [0, 0.05) is 5.92 Å². The fourth-order valence-corrected chi connectivity index (χ4v) is 2.88. The zero-order valence-electron chi connectivity index (χ0n) is 11.2. The molecule has 0 radical (unpaired) electrons. The number of carbonyl (C=O) groups excluding carboxylic acids is 1. The van der Waals surface area contributed by atoms with Crippen LogP contribution in [-0.4, -0.2) is 10.9 Å². The molecule has 1 amide bonds. The van der Waals surface area contributed by atoms with Crippen LogP contribution in [0.2, 0.25) is 0 Å². The fourth-order valence-electron chi connectivity index (χ4n) is 1.84. The van der Waals surface area contributed by atoms with E-state index in [1.807, 2.05) is 13.8 Å². The molecule has 1 aromatic heterocycles. The van der Waals surface area contributed by atoms with E-state index in [1.165, 1.54) is 16.9 Å². The monoisotopic (exact) mass is 262 g/mol. The van der Waals surface area contributed by atoms with Crippen LogP contribution in [0.15, 0.2) is 12.1 Å². The average molecular weight is 262 g/mol. The zero-order valence-corrected chi connectivity index (χ0v) is 12.0. The second kappa shape index (κ2) is 5.06. The molecule has 3 nitrogen and oxygen atoms in total. The van der Waals surface area contributed by atoms with Gasteiger partial charge in [0.05, 0.1) is 10.2 Å². The van der Waals surface area contributed by atoms with Crippen molar-refractivity contribution in [1.82, 2.24) is 4.98 Å². The SMILES string of the molecule is CC[C@H](C)C(=O)Nc1nc2c(C)cc(C)cc2s1. The average Bonchev–Trinajstić information content (AvgIpc) is 2.70. The Morgan fingerprint density at radius 3 is 2.83 bits per heavy atom. The van der Waals surface area contributed by atoms with Gasteiger partial charge < -0.3 is 5.32 Å². The summed E-state index contributed by atoms with van der Waals surface area (Å²) in [5, 5.41) is 3.60. The quantitative estimate of drug-likeness (QED) is 0.911. The summed E-state index contributed by atoms with van der Waals surface area (Å²) in [4.78, 5) is 16.3. The molecule has 0 unspecified atom stereocenters. The van der Waals surface area contributed by atoms with Crippen LogP contribution in [0.4, 0.5) is 5.13 Å². The highest BCUT2D eigenvalue weighted by molar-refractivity contribution is 7.22. The third-order valence-corrected chi connectivity index (χ3v) is 4.04. The number of carbonyl (C=O) groups is 1. The van der Waals surface area contributed by atoms with E-state index in [1.54, 1.807) is 0 Å². The summed E-state index contributed by atoms with van der Waals surface area (Å²) in [6.07, 6.45) is 0.842. The molecule has 1 N–H and O–H groups in total. The van der Waals surface area contributed by atoms with E-state index in [0.29, 0.717) is 5.13 Å². The molecular formula is C14H18N2OS. The summed E-state index contributed by atoms with van der Waals surface area (Å²) in [5.74, 6) is 0.0748. The predicted octanol–water partition coefficient (Wildman–Crippen LogP) is 3.90. The van der Waals surface area contributed by atoms with Crippen LogP contribution in [0.25, 0.3) is 10.2 Å². The van der Waals surface area contributed by atoms with E-state index in [4.69, 9.17) is 0 Å². The van der Waals surface area contributed by atoms with Crippen molar-refractivity contribution in [3.63, 3.8) is 0 Å². The second-order valence-electron chi connectivity index (χ2n) is 4.75. The van der Waals surface area contributed by atoms with Gasteiger partial charge in [-0.2, -0.15) is 0 Å². The summed E-state index contributed by atoms with van der Waals surface area (Å²) in [7, 11) is 0. The molecule has 96 valence electrons. The van der Waals surface area contributed by atoms with Crippen molar-refractivity contribution in [3.8, 4) is 0 Å². The van der Waals surface area contributed by atoms with Gasteiger partial charge in [-0.3, -0.25) is 4.79 Å². The van der Waals surface area contributed by atoms with E-state index in [0.717, 1.165) is 22.2 Å². The van der Waals surface area contributed by atoms with Crippen LogP contribution >= 0.6 is 11.3 Å². The fraction of sp³-hybridized carbons (Fsp3) is 0.429. The Kier molecular flexibility index (Phi) is 3.66. The van der Waals surface area contributed by atoms with E-state index >= 15 is 0 Å². The lowest BCUT2D eigenvalue weighted by molar-refractivity contribution is -0.119. The standard InChI is InChI=1S/C14H18N2OS/c1-5-9(3)13(17)16-14-15-12-10(4)6-8(2)7-11(12)18-14/h6-7,9H,5H2,1-4H3,(H,15,16,17)/t9-/m0/s1. The topological polar surface area (TPSA) is 42.0 Å². The minimum atomic E-state index is 0.0276. The second-order valence-corrected chi connectivity index (χ2v) is 5.78. The Balaban J connectivity index is 2.31.